The number of carbonyl (C=O) groups excluding carboxylic acids is 2. The van der Waals surface area contributed by atoms with Crippen LogP contribution in [0.5, 0.6) is 0 Å². The van der Waals surface area contributed by atoms with Gasteiger partial charge in [0.15, 0.2) is 5.13 Å². The van der Waals surface area contributed by atoms with Gasteiger partial charge in [0.1, 0.15) is 6.04 Å². The molecule has 168 valence electrons. The van der Waals surface area contributed by atoms with E-state index in [1.165, 1.54) is 23.5 Å². The molecule has 8 nitrogen and oxygen atoms in total. The Morgan fingerprint density at radius 2 is 2.10 bits per heavy atom. The van der Waals surface area contributed by atoms with Crippen molar-refractivity contribution in [1.82, 2.24) is 14.6 Å². The van der Waals surface area contributed by atoms with Crippen LogP contribution >= 0.6 is 23.1 Å². The highest BCUT2D eigenvalue weighted by molar-refractivity contribution is 7.98. The van der Waals surface area contributed by atoms with Crippen molar-refractivity contribution in [3.8, 4) is 0 Å². The predicted octanol–water partition coefficient (Wildman–Crippen LogP) is 2.42. The van der Waals surface area contributed by atoms with E-state index in [1.54, 1.807) is 46.4 Å². The standard InChI is InChI=1S/C20H26N4O4S3/c1-29-12-9-17(23-31(27,28)16-7-3-2-4-8-16)19(26)24-11-5-6-15(14-24)18(25)22-20-21-10-13-30-20/h2-4,7-8,10,13,15,17,23H,5-6,9,11-12,14H2,1H3,(H,21,22,25). The Balaban J connectivity index is 1.69. The van der Waals surface area contributed by atoms with Gasteiger partial charge in [0.05, 0.1) is 10.8 Å². The fourth-order valence-electron chi connectivity index (χ4n) is 3.43. The normalized spacial score (nSPS) is 17.8. The molecule has 1 fully saturated rings. The number of hydrogen-bond donors (Lipinski definition) is 2. The summed E-state index contributed by atoms with van der Waals surface area (Å²) in [6.07, 6.45) is 5.26. The van der Waals surface area contributed by atoms with Crippen molar-refractivity contribution in [2.24, 2.45) is 5.92 Å². The summed E-state index contributed by atoms with van der Waals surface area (Å²) in [5, 5.41) is 5.10. The van der Waals surface area contributed by atoms with Gasteiger partial charge in [-0.3, -0.25) is 9.59 Å². The second-order valence-electron chi connectivity index (χ2n) is 7.22. The van der Waals surface area contributed by atoms with Crippen molar-refractivity contribution in [2.45, 2.75) is 30.2 Å². The number of thiazole rings is 1. The molecule has 2 unspecified atom stereocenters. The number of nitrogens with one attached hydrogen (secondary N) is 2. The van der Waals surface area contributed by atoms with Crippen LogP contribution in [0.1, 0.15) is 19.3 Å². The van der Waals surface area contributed by atoms with Crippen LogP contribution in [-0.2, 0) is 19.6 Å². The van der Waals surface area contributed by atoms with Crippen molar-refractivity contribution in [1.29, 1.82) is 0 Å². The van der Waals surface area contributed by atoms with E-state index in [9.17, 15) is 18.0 Å². The molecule has 1 aliphatic heterocycles. The van der Waals surface area contributed by atoms with Gasteiger partial charge in [-0.2, -0.15) is 16.5 Å². The van der Waals surface area contributed by atoms with E-state index in [0.29, 0.717) is 36.7 Å². The third-order valence-corrected chi connectivity index (χ3v) is 7.85. The molecule has 0 radical (unpaired) electrons. The molecule has 2 atom stereocenters. The highest BCUT2D eigenvalue weighted by Gasteiger charge is 2.34. The SMILES string of the molecule is CSCCC(NS(=O)(=O)c1ccccc1)C(=O)N1CCCC(C(=O)Nc2nccs2)C1. The van der Waals surface area contributed by atoms with Crippen LogP contribution in [0, 0.1) is 5.92 Å². The zero-order valence-electron chi connectivity index (χ0n) is 17.2. The number of nitrogens with zero attached hydrogens (tertiary/aromatic N) is 2. The third-order valence-electron chi connectivity index (χ3n) is 5.03. The van der Waals surface area contributed by atoms with E-state index in [1.807, 2.05) is 6.26 Å². The number of benzene rings is 1. The lowest BCUT2D eigenvalue weighted by molar-refractivity contribution is -0.136. The minimum atomic E-state index is -3.83. The first-order valence-electron chi connectivity index (χ1n) is 9.96. The molecule has 1 aromatic carbocycles. The minimum absolute atomic E-state index is 0.122. The zero-order valence-corrected chi connectivity index (χ0v) is 19.6. The lowest BCUT2D eigenvalue weighted by Gasteiger charge is -2.34. The summed E-state index contributed by atoms with van der Waals surface area (Å²) in [5.74, 6) is -0.179. The van der Waals surface area contributed by atoms with Gasteiger partial charge >= 0.3 is 0 Å². The van der Waals surface area contributed by atoms with Crippen molar-refractivity contribution in [3.05, 3.63) is 41.9 Å². The summed E-state index contributed by atoms with van der Waals surface area (Å²) in [5.41, 5.74) is 0. The molecule has 2 N–H and O–H groups in total. The van der Waals surface area contributed by atoms with Crippen LogP contribution in [0.15, 0.2) is 46.8 Å². The highest BCUT2D eigenvalue weighted by Crippen LogP contribution is 2.21. The minimum Gasteiger partial charge on any atom is -0.341 e. The van der Waals surface area contributed by atoms with Crippen molar-refractivity contribution < 1.29 is 18.0 Å². The average Bonchev–Trinajstić information content (AvgIpc) is 3.30. The maximum atomic E-state index is 13.2. The Labute approximate surface area is 190 Å². The van der Waals surface area contributed by atoms with Crippen molar-refractivity contribution in [3.63, 3.8) is 0 Å². The number of piperidine rings is 1. The van der Waals surface area contributed by atoms with Crippen LogP contribution in [0.3, 0.4) is 0 Å². The molecule has 0 saturated carbocycles. The van der Waals surface area contributed by atoms with Gasteiger partial charge in [0.2, 0.25) is 21.8 Å². The van der Waals surface area contributed by atoms with Gasteiger partial charge in [-0.1, -0.05) is 18.2 Å². The van der Waals surface area contributed by atoms with Crippen LogP contribution in [0.2, 0.25) is 0 Å². The summed E-state index contributed by atoms with van der Waals surface area (Å²) in [6, 6.07) is 7.14. The topological polar surface area (TPSA) is 108 Å². The molecule has 3 rings (SSSR count). The molecule has 2 amide bonds. The van der Waals surface area contributed by atoms with Crippen LogP contribution in [-0.4, -0.2) is 61.3 Å². The predicted molar refractivity (Wildman–Crippen MR) is 124 cm³/mol. The molecule has 0 aliphatic carbocycles. The number of amides is 2. The Hall–Kier alpha value is -1.95. The first-order valence-corrected chi connectivity index (χ1v) is 13.7. The van der Waals surface area contributed by atoms with Gasteiger partial charge in [-0.05, 0) is 43.4 Å². The second-order valence-corrected chi connectivity index (χ2v) is 10.8. The summed E-state index contributed by atoms with van der Waals surface area (Å²) in [6.45, 7) is 0.765. The Kier molecular flexibility index (Phi) is 8.47. The summed E-state index contributed by atoms with van der Waals surface area (Å²) in [7, 11) is -3.83. The quantitative estimate of drug-likeness (QED) is 0.568. The van der Waals surface area contributed by atoms with Crippen LogP contribution in [0.25, 0.3) is 0 Å². The maximum Gasteiger partial charge on any atom is 0.241 e. The number of anilines is 1. The first kappa shape index (κ1) is 23.7. The molecule has 2 aromatic rings. The average molecular weight is 483 g/mol. The number of carbonyl (C=O) groups is 2. The van der Waals surface area contributed by atoms with E-state index < -0.39 is 16.1 Å². The van der Waals surface area contributed by atoms with Crippen LogP contribution in [0.4, 0.5) is 5.13 Å². The lowest BCUT2D eigenvalue weighted by Crippen LogP contribution is -2.52. The number of likely N-dealkylation sites (tertiary alicyclic amines) is 1. The van der Waals surface area contributed by atoms with E-state index in [4.69, 9.17) is 0 Å². The number of sulfonamides is 1. The Morgan fingerprint density at radius 1 is 1.32 bits per heavy atom. The molecular weight excluding hydrogens is 456 g/mol. The van der Waals surface area contributed by atoms with E-state index in [-0.39, 0.29) is 29.2 Å². The van der Waals surface area contributed by atoms with Gasteiger partial charge < -0.3 is 10.2 Å². The Morgan fingerprint density at radius 3 is 2.77 bits per heavy atom. The maximum absolute atomic E-state index is 13.2. The molecular formula is C20H26N4O4S3. The monoisotopic (exact) mass is 482 g/mol. The number of rotatable bonds is 9. The zero-order chi connectivity index (χ0) is 22.3. The third kappa shape index (κ3) is 6.52. The van der Waals surface area contributed by atoms with E-state index in [0.717, 1.165) is 0 Å². The summed E-state index contributed by atoms with van der Waals surface area (Å²) in [4.78, 5) is 31.6. The molecule has 2 heterocycles. The molecule has 0 bridgehead atoms. The number of hydrogen-bond acceptors (Lipinski definition) is 7. The fourth-order valence-corrected chi connectivity index (χ4v) is 5.68. The summed E-state index contributed by atoms with van der Waals surface area (Å²) < 4.78 is 28.2. The molecule has 1 saturated heterocycles. The highest BCUT2D eigenvalue weighted by atomic mass is 32.2. The summed E-state index contributed by atoms with van der Waals surface area (Å²) >= 11 is 2.89. The van der Waals surface area contributed by atoms with E-state index >= 15 is 0 Å². The molecule has 11 heteroatoms. The smallest absolute Gasteiger partial charge is 0.241 e. The van der Waals surface area contributed by atoms with Crippen LogP contribution < -0.4 is 10.0 Å². The number of aromatic nitrogens is 1. The molecule has 1 aromatic heterocycles. The largest absolute Gasteiger partial charge is 0.341 e. The van der Waals surface area contributed by atoms with Gasteiger partial charge in [-0.15, -0.1) is 11.3 Å². The first-order chi connectivity index (χ1) is 14.9. The van der Waals surface area contributed by atoms with Gasteiger partial charge in [0.25, 0.3) is 0 Å². The molecule has 31 heavy (non-hydrogen) atoms. The fraction of sp³-hybridized carbons (Fsp3) is 0.450. The van der Waals surface area contributed by atoms with Crippen molar-refractivity contribution >= 4 is 50.1 Å². The second kappa shape index (κ2) is 11.1. The Bertz CT molecular complexity index is 968. The lowest BCUT2D eigenvalue weighted by atomic mass is 9.96. The molecule has 0 spiro atoms. The van der Waals surface area contributed by atoms with E-state index in [2.05, 4.69) is 15.0 Å². The molecule has 1 aliphatic rings. The van der Waals surface area contributed by atoms with Gasteiger partial charge in [-0.25, -0.2) is 13.4 Å². The van der Waals surface area contributed by atoms with Crippen molar-refractivity contribution in [2.75, 3.05) is 30.4 Å². The number of thioether (sulfide) groups is 1. The van der Waals surface area contributed by atoms with Gasteiger partial charge in [0, 0.05) is 24.7 Å².